The number of nitrogens with two attached hydrogens (primary N) is 1. The molecule has 0 spiro atoms. The maximum atomic E-state index is 6.00. The van der Waals surface area contributed by atoms with Crippen LogP contribution >= 0.6 is 0 Å². The normalized spacial score (nSPS) is 18.3. The highest BCUT2D eigenvalue weighted by Gasteiger charge is 2.32. The summed E-state index contributed by atoms with van der Waals surface area (Å²) in [5.74, 6) is 2.68. The molecule has 1 heterocycles. The van der Waals surface area contributed by atoms with Crippen LogP contribution in [0.2, 0.25) is 0 Å². The Morgan fingerprint density at radius 1 is 1.24 bits per heavy atom. The Morgan fingerprint density at radius 2 is 1.95 bits per heavy atom. The first-order valence-corrected chi connectivity index (χ1v) is 7.93. The summed E-state index contributed by atoms with van der Waals surface area (Å²) >= 11 is 0. The summed E-state index contributed by atoms with van der Waals surface area (Å²) in [4.78, 5) is 2.55. The maximum absolute atomic E-state index is 6.00. The van der Waals surface area contributed by atoms with Crippen LogP contribution in [0.4, 0.5) is 0 Å². The molecule has 114 valence electrons. The highest BCUT2D eigenvalue weighted by molar-refractivity contribution is 5.15. The van der Waals surface area contributed by atoms with Gasteiger partial charge in [-0.2, -0.15) is 0 Å². The number of likely N-dealkylation sites (tertiary alicyclic amines) is 1. The van der Waals surface area contributed by atoms with E-state index >= 15 is 0 Å². The first-order chi connectivity index (χ1) is 10.3. The molecule has 3 heteroatoms. The summed E-state index contributed by atoms with van der Waals surface area (Å²) < 4.78 is 0. The molecule has 0 amide bonds. The van der Waals surface area contributed by atoms with Crippen LogP contribution in [0.1, 0.15) is 24.8 Å². The van der Waals surface area contributed by atoms with E-state index < -0.39 is 0 Å². The molecule has 1 aliphatic heterocycles. The maximum Gasteiger partial charge on any atom is 0.0328 e. The van der Waals surface area contributed by atoms with Crippen molar-refractivity contribution in [3.05, 3.63) is 35.9 Å². The second-order valence-corrected chi connectivity index (χ2v) is 5.94. The van der Waals surface area contributed by atoms with Gasteiger partial charge in [0.1, 0.15) is 0 Å². The lowest BCUT2D eigenvalue weighted by molar-refractivity contribution is 0.141. The highest BCUT2D eigenvalue weighted by atomic mass is 15.2. The molecule has 21 heavy (non-hydrogen) atoms. The van der Waals surface area contributed by atoms with E-state index in [0.717, 1.165) is 51.9 Å². The summed E-state index contributed by atoms with van der Waals surface area (Å²) in [7, 11) is 0. The largest absolute Gasteiger partial charge is 0.329 e. The molecule has 0 radical (unpaired) electrons. The van der Waals surface area contributed by atoms with Gasteiger partial charge in [-0.05, 0) is 37.9 Å². The van der Waals surface area contributed by atoms with Crippen molar-refractivity contribution < 1.29 is 0 Å². The molecule has 1 fully saturated rings. The molecule has 0 atom stereocenters. The molecule has 3 nitrogen and oxygen atoms in total. The molecule has 1 aromatic rings. The Morgan fingerprint density at radius 3 is 2.57 bits per heavy atom. The van der Waals surface area contributed by atoms with Gasteiger partial charge in [0.05, 0.1) is 0 Å². The van der Waals surface area contributed by atoms with Gasteiger partial charge in [-0.25, -0.2) is 0 Å². The van der Waals surface area contributed by atoms with Crippen LogP contribution in [0.25, 0.3) is 0 Å². The van der Waals surface area contributed by atoms with Gasteiger partial charge in [0.25, 0.3) is 0 Å². The lowest BCUT2D eigenvalue weighted by atomic mass is 9.87. The Labute approximate surface area is 128 Å². The van der Waals surface area contributed by atoms with E-state index in [1.54, 1.807) is 0 Å². The molecule has 0 saturated carbocycles. The molecule has 0 unspecified atom stereocenters. The Hall–Kier alpha value is -1.34. The molecule has 3 N–H and O–H groups in total. The van der Waals surface area contributed by atoms with Crippen LogP contribution in [0.15, 0.2) is 30.3 Å². The van der Waals surface area contributed by atoms with Gasteiger partial charge in [-0.1, -0.05) is 30.3 Å². The molecule has 0 aromatic heterocycles. The Kier molecular flexibility index (Phi) is 6.25. The number of hydrogen-bond acceptors (Lipinski definition) is 3. The third kappa shape index (κ3) is 4.86. The van der Waals surface area contributed by atoms with E-state index in [4.69, 9.17) is 12.2 Å². The summed E-state index contributed by atoms with van der Waals surface area (Å²) in [6.07, 6.45) is 9.45. The number of nitrogens with one attached hydrogen (secondary N) is 1. The van der Waals surface area contributed by atoms with Crippen LogP contribution in [0.3, 0.4) is 0 Å². The SMILES string of the molecule is C#CCCNC1(CN)CCN(CCc2ccccc2)CC1. The minimum Gasteiger partial charge on any atom is -0.329 e. The van der Waals surface area contributed by atoms with Crippen LogP contribution in [-0.4, -0.2) is 43.2 Å². The number of hydrogen-bond donors (Lipinski definition) is 2. The second kappa shape index (κ2) is 8.19. The van der Waals surface area contributed by atoms with Crippen molar-refractivity contribution in [3.8, 4) is 12.3 Å². The first-order valence-electron chi connectivity index (χ1n) is 7.93. The number of nitrogens with zero attached hydrogens (tertiary/aromatic N) is 1. The molecule has 2 rings (SSSR count). The van der Waals surface area contributed by atoms with Gasteiger partial charge in [0, 0.05) is 31.6 Å². The van der Waals surface area contributed by atoms with Gasteiger partial charge in [0.2, 0.25) is 0 Å². The minimum absolute atomic E-state index is 0.0973. The van der Waals surface area contributed by atoms with Crippen molar-refractivity contribution in [2.75, 3.05) is 32.7 Å². The van der Waals surface area contributed by atoms with Gasteiger partial charge < -0.3 is 16.0 Å². The van der Waals surface area contributed by atoms with Crippen molar-refractivity contribution in [3.63, 3.8) is 0 Å². The lowest BCUT2D eigenvalue weighted by Gasteiger charge is -2.42. The topological polar surface area (TPSA) is 41.3 Å². The predicted molar refractivity (Wildman–Crippen MR) is 89.1 cm³/mol. The van der Waals surface area contributed by atoms with E-state index in [2.05, 4.69) is 46.5 Å². The average Bonchev–Trinajstić information content (AvgIpc) is 2.55. The summed E-state index contributed by atoms with van der Waals surface area (Å²) in [6.45, 7) is 4.94. The summed E-state index contributed by atoms with van der Waals surface area (Å²) in [5, 5.41) is 3.59. The van der Waals surface area contributed by atoms with Crippen LogP contribution in [0.5, 0.6) is 0 Å². The number of benzene rings is 1. The smallest absolute Gasteiger partial charge is 0.0328 e. The average molecular weight is 285 g/mol. The second-order valence-electron chi connectivity index (χ2n) is 5.94. The molecular weight excluding hydrogens is 258 g/mol. The number of terminal acetylenes is 1. The fourth-order valence-electron chi connectivity index (χ4n) is 2.99. The fraction of sp³-hybridized carbons (Fsp3) is 0.556. The molecule has 1 aromatic carbocycles. The van der Waals surface area contributed by atoms with Crippen molar-refractivity contribution >= 4 is 0 Å². The van der Waals surface area contributed by atoms with E-state index in [0.29, 0.717) is 6.54 Å². The van der Waals surface area contributed by atoms with Crippen molar-refractivity contribution in [1.29, 1.82) is 0 Å². The van der Waals surface area contributed by atoms with Crippen LogP contribution in [-0.2, 0) is 6.42 Å². The highest BCUT2D eigenvalue weighted by Crippen LogP contribution is 2.21. The Bertz CT molecular complexity index is 441. The standard InChI is InChI=1S/C18H27N3/c1-2-3-12-20-18(16-19)10-14-21(15-11-18)13-9-17-7-5-4-6-8-17/h1,4-8,20H,3,9-16,19H2. The minimum atomic E-state index is 0.0973. The predicted octanol–water partition coefficient (Wildman–Crippen LogP) is 1.64. The van der Waals surface area contributed by atoms with Crippen LogP contribution in [0, 0.1) is 12.3 Å². The van der Waals surface area contributed by atoms with E-state index in [1.165, 1.54) is 5.56 Å². The fourth-order valence-corrected chi connectivity index (χ4v) is 2.99. The molecule has 0 aliphatic carbocycles. The van der Waals surface area contributed by atoms with Gasteiger partial charge in [-0.3, -0.25) is 0 Å². The number of rotatable bonds is 7. The van der Waals surface area contributed by atoms with E-state index in [9.17, 15) is 0 Å². The summed E-state index contributed by atoms with van der Waals surface area (Å²) in [6, 6.07) is 10.7. The van der Waals surface area contributed by atoms with Gasteiger partial charge >= 0.3 is 0 Å². The zero-order valence-corrected chi connectivity index (χ0v) is 12.9. The first kappa shape index (κ1) is 16.0. The molecule has 1 aliphatic rings. The quantitative estimate of drug-likeness (QED) is 0.591. The molecular formula is C18H27N3. The molecule has 1 saturated heterocycles. The zero-order chi connectivity index (χ0) is 15.0. The number of piperidine rings is 1. The van der Waals surface area contributed by atoms with E-state index in [-0.39, 0.29) is 5.54 Å². The van der Waals surface area contributed by atoms with Crippen molar-refractivity contribution in [2.24, 2.45) is 5.73 Å². The summed E-state index contributed by atoms with van der Waals surface area (Å²) in [5.41, 5.74) is 7.51. The van der Waals surface area contributed by atoms with Gasteiger partial charge in [0.15, 0.2) is 0 Å². The third-order valence-electron chi connectivity index (χ3n) is 4.53. The van der Waals surface area contributed by atoms with Crippen molar-refractivity contribution in [2.45, 2.75) is 31.2 Å². The lowest BCUT2D eigenvalue weighted by Crippen LogP contribution is -2.58. The van der Waals surface area contributed by atoms with Crippen molar-refractivity contribution in [1.82, 2.24) is 10.2 Å². The van der Waals surface area contributed by atoms with E-state index in [1.807, 2.05) is 0 Å². The zero-order valence-electron chi connectivity index (χ0n) is 12.9. The van der Waals surface area contributed by atoms with Gasteiger partial charge in [-0.15, -0.1) is 12.3 Å². The van der Waals surface area contributed by atoms with Crippen LogP contribution < -0.4 is 11.1 Å². The monoisotopic (exact) mass is 285 g/mol. The molecule has 0 bridgehead atoms. The third-order valence-corrected chi connectivity index (χ3v) is 4.53. The Balaban J connectivity index is 1.75.